The van der Waals surface area contributed by atoms with Crippen molar-refractivity contribution in [3.8, 4) is 11.3 Å². The van der Waals surface area contributed by atoms with Crippen molar-refractivity contribution in [3.05, 3.63) is 65.6 Å². The molecule has 0 atom stereocenters. The summed E-state index contributed by atoms with van der Waals surface area (Å²) >= 11 is 0. The third-order valence-corrected chi connectivity index (χ3v) is 3.68. The first-order valence-corrected chi connectivity index (χ1v) is 7.93. The van der Waals surface area contributed by atoms with Crippen molar-refractivity contribution >= 4 is 18.1 Å². The summed E-state index contributed by atoms with van der Waals surface area (Å²) in [6, 6.07) is 9.91. The largest absolute Gasteiger partial charge is 0.478 e. The van der Waals surface area contributed by atoms with E-state index in [1.807, 2.05) is 44.2 Å². The fourth-order valence-electron chi connectivity index (χ4n) is 2.43. The van der Waals surface area contributed by atoms with Crippen LogP contribution >= 0.6 is 0 Å². The van der Waals surface area contributed by atoms with Crippen LogP contribution in [-0.4, -0.2) is 31.0 Å². The fraction of sp³-hybridized carbons (Fsp3) is 0.158. The molecule has 2 heterocycles. The summed E-state index contributed by atoms with van der Waals surface area (Å²) in [6.07, 6.45) is 6.60. The molecule has 0 radical (unpaired) electrons. The number of aromatic amines is 1. The lowest BCUT2D eigenvalue weighted by molar-refractivity contribution is 0.0694. The van der Waals surface area contributed by atoms with Gasteiger partial charge in [-0.05, 0) is 23.6 Å². The molecular weight excluding hydrogens is 316 g/mol. The lowest BCUT2D eigenvalue weighted by atomic mass is 10.1. The normalized spacial score (nSPS) is 11.3. The Labute approximate surface area is 145 Å². The van der Waals surface area contributed by atoms with Gasteiger partial charge in [0.1, 0.15) is 5.82 Å². The maximum Gasteiger partial charge on any atom is 0.339 e. The van der Waals surface area contributed by atoms with Crippen molar-refractivity contribution in [2.45, 2.75) is 19.8 Å². The van der Waals surface area contributed by atoms with Gasteiger partial charge in [0.15, 0.2) is 5.82 Å². The first-order chi connectivity index (χ1) is 12.0. The number of aromatic carboxylic acids is 1. The average molecular weight is 334 g/mol. The molecule has 6 heteroatoms. The first-order valence-electron chi connectivity index (χ1n) is 7.93. The zero-order valence-electron chi connectivity index (χ0n) is 14.0. The van der Waals surface area contributed by atoms with Crippen LogP contribution in [0.4, 0.5) is 0 Å². The molecule has 0 aliphatic heterocycles. The summed E-state index contributed by atoms with van der Waals surface area (Å²) in [5, 5.41) is 9.21. The van der Waals surface area contributed by atoms with Crippen LogP contribution in [0, 0.1) is 0 Å². The van der Waals surface area contributed by atoms with Gasteiger partial charge in [-0.1, -0.05) is 44.2 Å². The minimum absolute atomic E-state index is 0.00505. The predicted octanol–water partition coefficient (Wildman–Crippen LogP) is 3.86. The Balaban J connectivity index is 1.84. The van der Waals surface area contributed by atoms with E-state index in [0.717, 1.165) is 11.3 Å². The Morgan fingerprint density at radius 2 is 1.88 bits per heavy atom. The van der Waals surface area contributed by atoms with Crippen LogP contribution in [0.2, 0.25) is 0 Å². The van der Waals surface area contributed by atoms with Gasteiger partial charge in [0.25, 0.3) is 0 Å². The second-order valence-corrected chi connectivity index (χ2v) is 5.87. The second kappa shape index (κ2) is 7.09. The van der Waals surface area contributed by atoms with Crippen LogP contribution in [0.3, 0.4) is 0 Å². The van der Waals surface area contributed by atoms with E-state index >= 15 is 0 Å². The number of H-pyrrole nitrogens is 1. The van der Waals surface area contributed by atoms with E-state index in [9.17, 15) is 9.90 Å². The van der Waals surface area contributed by atoms with Crippen LogP contribution in [0.1, 0.15) is 47.5 Å². The van der Waals surface area contributed by atoms with Gasteiger partial charge >= 0.3 is 5.97 Å². The number of aromatic nitrogens is 4. The van der Waals surface area contributed by atoms with E-state index < -0.39 is 5.97 Å². The highest BCUT2D eigenvalue weighted by atomic mass is 16.4. The van der Waals surface area contributed by atoms with Crippen molar-refractivity contribution in [2.75, 3.05) is 0 Å². The standard InChI is InChI=1S/C19H18N4O2/c1-12(2)18-14(19(24)25)10-20-17(23-18)9-8-16-21-11-15(22-16)13-6-4-3-5-7-13/h3-12H,1-2H3,(H,21,22)(H,24,25). The fourth-order valence-corrected chi connectivity index (χ4v) is 2.43. The van der Waals surface area contributed by atoms with Gasteiger partial charge in [0.05, 0.1) is 23.1 Å². The van der Waals surface area contributed by atoms with Crippen LogP contribution in [-0.2, 0) is 0 Å². The number of hydrogen-bond acceptors (Lipinski definition) is 4. The summed E-state index contributed by atoms with van der Waals surface area (Å²) in [5.74, 6) is 0.106. The second-order valence-electron chi connectivity index (χ2n) is 5.87. The third kappa shape index (κ3) is 3.80. The van der Waals surface area contributed by atoms with Crippen LogP contribution in [0.15, 0.2) is 42.7 Å². The summed E-state index contributed by atoms with van der Waals surface area (Å²) in [5.41, 5.74) is 2.63. The highest BCUT2D eigenvalue weighted by Crippen LogP contribution is 2.18. The molecule has 0 unspecified atom stereocenters. The maximum atomic E-state index is 11.2. The molecule has 126 valence electrons. The number of hydrogen-bond donors (Lipinski definition) is 2. The molecule has 0 amide bonds. The Bertz CT molecular complexity index is 914. The molecule has 25 heavy (non-hydrogen) atoms. The number of benzene rings is 1. The van der Waals surface area contributed by atoms with Gasteiger partial charge in [0, 0.05) is 6.20 Å². The summed E-state index contributed by atoms with van der Waals surface area (Å²) in [6.45, 7) is 3.81. The molecule has 0 aliphatic rings. The molecule has 0 aliphatic carbocycles. The Morgan fingerprint density at radius 3 is 2.56 bits per heavy atom. The number of carbonyl (C=O) groups is 1. The number of imidazole rings is 1. The van der Waals surface area contributed by atoms with Gasteiger partial charge < -0.3 is 10.1 Å². The molecule has 2 N–H and O–H groups in total. The molecule has 0 saturated carbocycles. The van der Waals surface area contributed by atoms with Gasteiger partial charge in [-0.15, -0.1) is 0 Å². The molecule has 0 saturated heterocycles. The zero-order valence-corrected chi connectivity index (χ0v) is 14.0. The number of rotatable bonds is 5. The summed E-state index contributed by atoms with van der Waals surface area (Å²) < 4.78 is 0. The van der Waals surface area contributed by atoms with Crippen LogP contribution in [0.5, 0.6) is 0 Å². The first kappa shape index (κ1) is 16.6. The van der Waals surface area contributed by atoms with Crippen molar-refractivity contribution in [3.63, 3.8) is 0 Å². The van der Waals surface area contributed by atoms with Crippen LogP contribution in [0.25, 0.3) is 23.4 Å². The zero-order chi connectivity index (χ0) is 17.8. The van der Waals surface area contributed by atoms with Crippen LogP contribution < -0.4 is 0 Å². The summed E-state index contributed by atoms with van der Waals surface area (Å²) in [4.78, 5) is 27.2. The number of carboxylic acid groups (broad SMARTS) is 1. The molecule has 3 aromatic rings. The van der Waals surface area contributed by atoms with Crippen molar-refractivity contribution in [1.82, 2.24) is 19.9 Å². The molecule has 0 bridgehead atoms. The molecule has 1 aromatic carbocycles. The Hall–Kier alpha value is -3.28. The summed E-state index contributed by atoms with van der Waals surface area (Å²) in [7, 11) is 0. The van der Waals surface area contributed by atoms with E-state index in [2.05, 4.69) is 19.9 Å². The maximum absolute atomic E-state index is 11.2. The predicted molar refractivity (Wildman–Crippen MR) is 96.0 cm³/mol. The third-order valence-electron chi connectivity index (χ3n) is 3.68. The highest BCUT2D eigenvalue weighted by molar-refractivity contribution is 5.88. The number of nitrogens with one attached hydrogen (secondary N) is 1. The van der Waals surface area contributed by atoms with Crippen molar-refractivity contribution in [2.24, 2.45) is 0 Å². The molecule has 3 rings (SSSR count). The average Bonchev–Trinajstić information content (AvgIpc) is 3.09. The molecule has 6 nitrogen and oxygen atoms in total. The van der Waals surface area contributed by atoms with E-state index in [4.69, 9.17) is 0 Å². The number of carboxylic acids is 1. The quantitative estimate of drug-likeness (QED) is 0.739. The highest BCUT2D eigenvalue weighted by Gasteiger charge is 2.15. The van der Waals surface area contributed by atoms with E-state index in [1.54, 1.807) is 18.3 Å². The van der Waals surface area contributed by atoms with E-state index in [0.29, 0.717) is 17.3 Å². The molecule has 0 spiro atoms. The molecule has 2 aromatic heterocycles. The van der Waals surface area contributed by atoms with Gasteiger partial charge in [-0.3, -0.25) is 0 Å². The molecule has 0 fully saturated rings. The SMILES string of the molecule is CC(C)c1nc(C=Cc2ncc(-c3ccccc3)[nH]2)ncc1C(=O)O. The minimum Gasteiger partial charge on any atom is -0.478 e. The molecular formula is C19H18N4O2. The lowest BCUT2D eigenvalue weighted by Gasteiger charge is -2.08. The van der Waals surface area contributed by atoms with Crippen molar-refractivity contribution < 1.29 is 9.90 Å². The smallest absolute Gasteiger partial charge is 0.339 e. The Kier molecular flexibility index (Phi) is 4.70. The van der Waals surface area contributed by atoms with Gasteiger partial charge in [-0.25, -0.2) is 19.7 Å². The topological polar surface area (TPSA) is 91.8 Å². The number of nitrogens with zero attached hydrogens (tertiary/aromatic N) is 3. The van der Waals surface area contributed by atoms with Crippen molar-refractivity contribution in [1.29, 1.82) is 0 Å². The monoisotopic (exact) mass is 334 g/mol. The van der Waals surface area contributed by atoms with E-state index in [-0.39, 0.29) is 11.5 Å². The minimum atomic E-state index is -1.02. The lowest BCUT2D eigenvalue weighted by Crippen LogP contribution is -2.08. The van der Waals surface area contributed by atoms with Gasteiger partial charge in [-0.2, -0.15) is 0 Å². The van der Waals surface area contributed by atoms with Gasteiger partial charge in [0.2, 0.25) is 0 Å². The Morgan fingerprint density at radius 1 is 1.12 bits per heavy atom. The van der Waals surface area contributed by atoms with E-state index in [1.165, 1.54) is 6.20 Å².